The van der Waals surface area contributed by atoms with E-state index in [1.54, 1.807) is 12.1 Å². The molecular weight excluding hydrogens is 230 g/mol. The third-order valence-electron chi connectivity index (χ3n) is 2.17. The minimum Gasteiger partial charge on any atom is -0.382 e. The minimum atomic E-state index is -0.660. The molecular formula is C11H12ClNOS. The van der Waals surface area contributed by atoms with Gasteiger partial charge in [-0.2, -0.15) is 10.9 Å². The summed E-state index contributed by atoms with van der Waals surface area (Å²) < 4.78 is 0. The van der Waals surface area contributed by atoms with E-state index in [9.17, 15) is 5.11 Å². The molecule has 0 fully saturated rings. The van der Waals surface area contributed by atoms with E-state index in [1.165, 1.54) is 0 Å². The van der Waals surface area contributed by atoms with Crippen molar-refractivity contribution in [3.8, 4) is 0 Å². The Balaban J connectivity index is 2.25. The van der Waals surface area contributed by atoms with Crippen LogP contribution in [0.2, 0.25) is 5.02 Å². The number of nitrogens with zero attached hydrogens (tertiary/aromatic N) is 1. The topological polar surface area (TPSA) is 32.6 Å². The van der Waals surface area contributed by atoms with Crippen LogP contribution in [0.15, 0.2) is 40.4 Å². The zero-order valence-electron chi connectivity index (χ0n) is 8.26. The number of hydrogen-bond donors (Lipinski definition) is 2. The zero-order valence-corrected chi connectivity index (χ0v) is 9.91. The molecule has 0 spiro atoms. The molecule has 15 heavy (non-hydrogen) atoms. The Kier molecular flexibility index (Phi) is 3.14. The zero-order chi connectivity index (χ0) is 10.8. The summed E-state index contributed by atoms with van der Waals surface area (Å²) in [6.07, 6.45) is 1.43. The summed E-state index contributed by atoms with van der Waals surface area (Å²) in [6.45, 7) is 0. The molecule has 2 atom stereocenters. The smallest absolute Gasteiger partial charge is 0.121 e. The summed E-state index contributed by atoms with van der Waals surface area (Å²) in [4.78, 5) is 4.19. The van der Waals surface area contributed by atoms with Crippen molar-refractivity contribution in [3.05, 3.63) is 46.0 Å². The van der Waals surface area contributed by atoms with Crippen LogP contribution in [0.5, 0.6) is 0 Å². The fourth-order valence-corrected chi connectivity index (χ4v) is 2.63. The van der Waals surface area contributed by atoms with Crippen molar-refractivity contribution in [1.29, 1.82) is 0 Å². The van der Waals surface area contributed by atoms with Gasteiger partial charge in [-0.3, -0.25) is 4.99 Å². The predicted octanol–water partition coefficient (Wildman–Crippen LogP) is 2.89. The van der Waals surface area contributed by atoms with Crippen LogP contribution in [0.25, 0.3) is 0 Å². The molecule has 0 aromatic heterocycles. The molecule has 1 aromatic carbocycles. The maximum Gasteiger partial charge on any atom is 0.121 e. The molecule has 0 saturated heterocycles. The maximum atomic E-state index is 10.0. The van der Waals surface area contributed by atoms with Gasteiger partial charge in [0.2, 0.25) is 0 Å². The van der Waals surface area contributed by atoms with Gasteiger partial charge >= 0.3 is 0 Å². The molecule has 2 nitrogen and oxygen atoms in total. The first-order valence-corrected chi connectivity index (χ1v) is 6.89. The molecule has 1 N–H and O–H groups in total. The van der Waals surface area contributed by atoms with E-state index in [4.69, 9.17) is 11.6 Å². The SMILES string of the molecule is C[SH]1C=NC(C(O)c2cccc(Cl)c2)=C1. The van der Waals surface area contributed by atoms with Gasteiger partial charge in [0, 0.05) is 10.6 Å². The molecule has 0 radical (unpaired) electrons. The third-order valence-corrected chi connectivity index (χ3v) is 3.56. The normalized spacial score (nSPS) is 23.9. The number of aliphatic hydroxyl groups excluding tert-OH is 1. The number of aliphatic imine (C=N–C) groups is 1. The Morgan fingerprint density at radius 3 is 2.87 bits per heavy atom. The predicted molar refractivity (Wildman–Crippen MR) is 67.9 cm³/mol. The van der Waals surface area contributed by atoms with Crippen molar-refractivity contribution in [1.82, 2.24) is 0 Å². The van der Waals surface area contributed by atoms with Crippen LogP contribution in [0.1, 0.15) is 11.7 Å². The molecule has 4 heteroatoms. The molecule has 0 aliphatic carbocycles. The summed E-state index contributed by atoms with van der Waals surface area (Å²) in [5.41, 5.74) is 3.40. The van der Waals surface area contributed by atoms with Crippen LogP contribution in [0, 0.1) is 0 Å². The highest BCUT2D eigenvalue weighted by Gasteiger charge is 2.16. The second-order valence-corrected chi connectivity index (χ2v) is 5.68. The van der Waals surface area contributed by atoms with Crippen molar-refractivity contribution in [2.24, 2.45) is 4.99 Å². The number of rotatable bonds is 2. The highest BCUT2D eigenvalue weighted by atomic mass is 35.5. The molecule has 0 amide bonds. The number of hydrogen-bond acceptors (Lipinski definition) is 2. The van der Waals surface area contributed by atoms with Crippen molar-refractivity contribution in [2.45, 2.75) is 6.10 Å². The Labute approximate surface area is 96.6 Å². The van der Waals surface area contributed by atoms with Crippen molar-refractivity contribution in [2.75, 3.05) is 6.26 Å². The third kappa shape index (κ3) is 2.43. The van der Waals surface area contributed by atoms with E-state index >= 15 is 0 Å². The fourth-order valence-electron chi connectivity index (χ4n) is 1.42. The van der Waals surface area contributed by atoms with Gasteiger partial charge in [-0.15, -0.1) is 0 Å². The molecule has 0 bridgehead atoms. The van der Waals surface area contributed by atoms with Crippen molar-refractivity contribution in [3.63, 3.8) is 0 Å². The summed E-state index contributed by atoms with van der Waals surface area (Å²) in [5.74, 6) is 0. The second kappa shape index (κ2) is 4.39. The van der Waals surface area contributed by atoms with Crippen LogP contribution in [0.3, 0.4) is 0 Å². The van der Waals surface area contributed by atoms with Gasteiger partial charge in [-0.25, -0.2) is 0 Å². The number of halogens is 1. The van der Waals surface area contributed by atoms with Gasteiger partial charge < -0.3 is 5.11 Å². The average molecular weight is 242 g/mol. The first-order valence-electron chi connectivity index (χ1n) is 4.58. The first-order chi connectivity index (χ1) is 7.16. The lowest BCUT2D eigenvalue weighted by Gasteiger charge is -2.10. The lowest BCUT2D eigenvalue weighted by atomic mass is 10.1. The van der Waals surface area contributed by atoms with Gasteiger partial charge in [0.25, 0.3) is 0 Å². The highest BCUT2D eigenvalue weighted by Crippen LogP contribution is 2.34. The van der Waals surface area contributed by atoms with E-state index in [0.717, 1.165) is 11.3 Å². The fraction of sp³-hybridized carbons (Fsp3) is 0.182. The largest absolute Gasteiger partial charge is 0.382 e. The molecule has 2 unspecified atom stereocenters. The first kappa shape index (κ1) is 10.7. The monoisotopic (exact) mass is 241 g/mol. The van der Waals surface area contributed by atoms with Crippen LogP contribution in [-0.2, 0) is 0 Å². The summed E-state index contributed by atoms with van der Waals surface area (Å²) in [5, 5.41) is 12.7. The lowest BCUT2D eigenvalue weighted by molar-refractivity contribution is 0.215. The summed E-state index contributed by atoms with van der Waals surface area (Å²) in [7, 11) is -0.282. The van der Waals surface area contributed by atoms with E-state index in [2.05, 4.69) is 11.2 Å². The van der Waals surface area contributed by atoms with Gasteiger partial charge in [0.15, 0.2) is 0 Å². The molecule has 1 aliphatic heterocycles. The Morgan fingerprint density at radius 2 is 2.27 bits per heavy atom. The maximum absolute atomic E-state index is 10.0. The average Bonchev–Trinajstić information content (AvgIpc) is 2.64. The quantitative estimate of drug-likeness (QED) is 0.767. The van der Waals surface area contributed by atoms with Crippen LogP contribution in [-0.4, -0.2) is 16.9 Å². The van der Waals surface area contributed by atoms with Crippen LogP contribution in [0.4, 0.5) is 0 Å². The molecule has 1 heterocycles. The number of benzene rings is 1. The Hall–Kier alpha value is -0.770. The van der Waals surface area contributed by atoms with Gasteiger partial charge in [-0.05, 0) is 29.4 Å². The number of thiol groups is 1. The molecule has 80 valence electrons. The molecule has 1 aliphatic rings. The molecule has 1 aromatic rings. The van der Waals surface area contributed by atoms with E-state index in [0.29, 0.717) is 5.02 Å². The van der Waals surface area contributed by atoms with Crippen LogP contribution < -0.4 is 0 Å². The standard InChI is InChI=1S/C11H12ClNOS/c1-15-6-10(13-7-15)11(14)8-3-2-4-9(12)5-8/h2-7,11,14-15H,1H3. The Bertz CT molecular complexity index is 430. The minimum absolute atomic E-state index is 0.282. The van der Waals surface area contributed by atoms with Gasteiger partial charge in [0.1, 0.15) is 6.10 Å². The molecule has 0 saturated carbocycles. The lowest BCUT2D eigenvalue weighted by Crippen LogP contribution is -1.98. The summed E-state index contributed by atoms with van der Waals surface area (Å²) in [6, 6.07) is 7.23. The Morgan fingerprint density at radius 1 is 1.47 bits per heavy atom. The summed E-state index contributed by atoms with van der Waals surface area (Å²) >= 11 is 5.86. The van der Waals surface area contributed by atoms with Crippen LogP contribution >= 0.6 is 22.5 Å². The van der Waals surface area contributed by atoms with E-state index in [-0.39, 0.29) is 10.9 Å². The molecule has 2 rings (SSSR count). The van der Waals surface area contributed by atoms with Crippen molar-refractivity contribution >= 4 is 28.0 Å². The van der Waals surface area contributed by atoms with E-state index < -0.39 is 6.10 Å². The van der Waals surface area contributed by atoms with E-state index in [1.807, 2.05) is 23.1 Å². The second-order valence-electron chi connectivity index (χ2n) is 3.42. The number of aliphatic hydroxyl groups is 1. The highest BCUT2D eigenvalue weighted by molar-refractivity contribution is 8.30. The van der Waals surface area contributed by atoms with Gasteiger partial charge in [0.05, 0.1) is 5.70 Å². The van der Waals surface area contributed by atoms with Gasteiger partial charge in [-0.1, -0.05) is 23.7 Å². The van der Waals surface area contributed by atoms with Crippen molar-refractivity contribution < 1.29 is 5.11 Å².